The number of benzene rings is 3. The van der Waals surface area contributed by atoms with Gasteiger partial charge in [0.05, 0.1) is 29.6 Å². The molecule has 3 aromatic carbocycles. The summed E-state index contributed by atoms with van der Waals surface area (Å²) in [5, 5.41) is 8.82. The van der Waals surface area contributed by atoms with Crippen LogP contribution in [0.1, 0.15) is 77.3 Å². The maximum absolute atomic E-state index is 13.6. The average molecular weight is 864 g/mol. The van der Waals surface area contributed by atoms with E-state index in [0.717, 1.165) is 66.3 Å². The molecule has 6 amide bonds. The Hall–Kier alpha value is -7.17. The number of hydrogen-bond donors (Lipinski definition) is 3. The first-order valence-corrected chi connectivity index (χ1v) is 22.2. The summed E-state index contributed by atoms with van der Waals surface area (Å²) >= 11 is 0. The van der Waals surface area contributed by atoms with Crippen molar-refractivity contribution >= 4 is 69.5 Å². The average Bonchev–Trinajstić information content (AvgIpc) is 3.84. The van der Waals surface area contributed by atoms with E-state index in [0.29, 0.717) is 61.6 Å². The Bertz CT molecular complexity index is 2630. The van der Waals surface area contributed by atoms with E-state index in [9.17, 15) is 28.8 Å². The molecule has 5 aromatic rings. The standard InChI is InChI=1S/C47H49N11O6/c59-38-14-13-37(45(62)53-38)58-46(63)35-7-4-8-36(41(35)47(58)64)55-17-15-30(16-18-55)24-40(61)56-21-19-54(20-22-56)33-11-9-31(10-12-33)52-43-42-44(49-27-48-43)57(28-50-42)34-25-32(26-34)51-39(60)23-29-5-2-1-3-6-29/h1-12,27-28,30,32,34,37H,13-26H2,(H,51,60)(H,48,49,52)(H,53,59,62)/t32?,34?,37-/m0/s1. The molecular formula is C47H49N11O6. The van der Waals surface area contributed by atoms with Gasteiger partial charge < -0.3 is 29.9 Å². The molecule has 1 aliphatic carbocycles. The number of piperidine rings is 2. The van der Waals surface area contributed by atoms with Gasteiger partial charge in [-0.15, -0.1) is 0 Å². The van der Waals surface area contributed by atoms with Crippen LogP contribution < -0.4 is 25.8 Å². The first kappa shape index (κ1) is 40.9. The third-order valence-electron chi connectivity index (χ3n) is 13.4. The van der Waals surface area contributed by atoms with Crippen LogP contribution in [-0.2, 0) is 25.6 Å². The van der Waals surface area contributed by atoms with Crippen molar-refractivity contribution in [3.05, 3.63) is 102 Å². The smallest absolute Gasteiger partial charge is 0.264 e. The summed E-state index contributed by atoms with van der Waals surface area (Å²) in [6.07, 6.45) is 7.54. The fraction of sp³-hybridized carbons (Fsp3) is 0.383. The van der Waals surface area contributed by atoms with Gasteiger partial charge in [0.15, 0.2) is 17.0 Å². The summed E-state index contributed by atoms with van der Waals surface area (Å²) in [4.78, 5) is 98.4. The van der Waals surface area contributed by atoms with Crippen molar-refractivity contribution in [2.24, 2.45) is 5.92 Å². The Labute approximate surface area is 369 Å². The van der Waals surface area contributed by atoms with E-state index < -0.39 is 29.7 Å². The zero-order valence-corrected chi connectivity index (χ0v) is 35.3. The van der Waals surface area contributed by atoms with Crippen molar-refractivity contribution in [2.45, 2.75) is 69.5 Å². The molecule has 10 rings (SSSR count). The zero-order chi connectivity index (χ0) is 43.9. The number of imidazole rings is 1. The third-order valence-corrected chi connectivity index (χ3v) is 13.4. The normalized spacial score (nSPS) is 21.5. The van der Waals surface area contributed by atoms with Gasteiger partial charge >= 0.3 is 0 Å². The number of hydrogen-bond acceptors (Lipinski definition) is 12. The molecule has 4 aliphatic heterocycles. The van der Waals surface area contributed by atoms with Gasteiger partial charge in [-0.1, -0.05) is 36.4 Å². The quantitative estimate of drug-likeness (QED) is 0.162. The second kappa shape index (κ2) is 17.2. The van der Waals surface area contributed by atoms with Gasteiger partial charge in [-0.2, -0.15) is 0 Å². The number of nitrogens with zero attached hydrogens (tertiary/aromatic N) is 8. The van der Waals surface area contributed by atoms with Crippen molar-refractivity contribution in [3.8, 4) is 0 Å². The molecule has 4 fully saturated rings. The molecule has 5 aliphatic rings. The Morgan fingerprint density at radius 3 is 2.28 bits per heavy atom. The number of fused-ring (bicyclic) bond motifs is 2. The van der Waals surface area contributed by atoms with Crippen molar-refractivity contribution < 1.29 is 28.8 Å². The van der Waals surface area contributed by atoms with Crippen LogP contribution in [0, 0.1) is 5.92 Å². The highest BCUT2D eigenvalue weighted by Gasteiger charge is 2.46. The lowest BCUT2D eigenvalue weighted by Crippen LogP contribution is -2.54. The van der Waals surface area contributed by atoms with Gasteiger partial charge in [-0.05, 0) is 80.0 Å². The van der Waals surface area contributed by atoms with Crippen LogP contribution in [0.4, 0.5) is 22.9 Å². The number of imide groups is 2. The first-order valence-electron chi connectivity index (χ1n) is 22.2. The molecule has 64 heavy (non-hydrogen) atoms. The van der Waals surface area contributed by atoms with E-state index in [1.807, 2.05) is 53.4 Å². The lowest BCUT2D eigenvalue weighted by molar-refractivity contribution is -0.136. The van der Waals surface area contributed by atoms with E-state index in [4.69, 9.17) is 0 Å². The highest BCUT2D eigenvalue weighted by Crippen LogP contribution is 2.38. The number of nitrogens with one attached hydrogen (secondary N) is 3. The predicted molar refractivity (Wildman–Crippen MR) is 237 cm³/mol. The molecule has 0 unspecified atom stereocenters. The molecule has 0 bridgehead atoms. The van der Waals surface area contributed by atoms with Crippen molar-refractivity contribution in [1.29, 1.82) is 0 Å². The maximum atomic E-state index is 13.6. The van der Waals surface area contributed by atoms with Crippen LogP contribution in [0.2, 0.25) is 0 Å². The first-order chi connectivity index (χ1) is 31.2. The topological polar surface area (TPSA) is 195 Å². The van der Waals surface area contributed by atoms with Gasteiger partial charge in [0.2, 0.25) is 23.6 Å². The molecule has 17 heteroatoms. The van der Waals surface area contributed by atoms with Crippen LogP contribution in [0.15, 0.2) is 85.5 Å². The number of rotatable bonds is 11. The molecule has 3 N–H and O–H groups in total. The molecule has 6 heterocycles. The number of carbonyl (C=O) groups is 6. The Balaban J connectivity index is 0.681. The van der Waals surface area contributed by atoms with E-state index in [1.54, 1.807) is 24.8 Å². The minimum absolute atomic E-state index is 0.0312. The maximum Gasteiger partial charge on any atom is 0.264 e. The van der Waals surface area contributed by atoms with Crippen LogP contribution in [0.25, 0.3) is 11.2 Å². The predicted octanol–water partition coefficient (Wildman–Crippen LogP) is 3.99. The minimum atomic E-state index is -1.01. The molecule has 17 nitrogen and oxygen atoms in total. The van der Waals surface area contributed by atoms with Gasteiger partial charge in [0.25, 0.3) is 11.8 Å². The van der Waals surface area contributed by atoms with Gasteiger partial charge in [0.1, 0.15) is 12.4 Å². The highest BCUT2D eigenvalue weighted by atomic mass is 16.2. The fourth-order valence-electron chi connectivity index (χ4n) is 9.82. The number of carbonyl (C=O) groups excluding carboxylic acids is 6. The molecule has 0 spiro atoms. The van der Waals surface area contributed by atoms with Gasteiger partial charge in [-0.25, -0.2) is 15.0 Å². The van der Waals surface area contributed by atoms with Crippen LogP contribution in [0.5, 0.6) is 0 Å². The molecular weight excluding hydrogens is 815 g/mol. The van der Waals surface area contributed by atoms with Crippen molar-refractivity contribution in [1.82, 2.24) is 40.0 Å². The molecule has 328 valence electrons. The number of amides is 6. The van der Waals surface area contributed by atoms with Crippen LogP contribution in [-0.4, -0.2) is 116 Å². The Morgan fingerprint density at radius 2 is 1.53 bits per heavy atom. The second-order valence-corrected chi connectivity index (χ2v) is 17.4. The molecule has 3 saturated heterocycles. The van der Waals surface area contributed by atoms with Crippen LogP contribution >= 0.6 is 0 Å². The Kier molecular flexibility index (Phi) is 11.0. The summed E-state index contributed by atoms with van der Waals surface area (Å²) < 4.78 is 2.08. The van der Waals surface area contributed by atoms with Crippen LogP contribution in [0.3, 0.4) is 0 Å². The van der Waals surface area contributed by atoms with Crippen molar-refractivity contribution in [2.75, 3.05) is 54.4 Å². The molecule has 0 radical (unpaired) electrons. The zero-order valence-electron chi connectivity index (χ0n) is 35.3. The number of piperazine rings is 1. The van der Waals surface area contributed by atoms with Gasteiger partial charge in [0, 0.05) is 75.6 Å². The summed E-state index contributed by atoms with van der Waals surface area (Å²) in [7, 11) is 0. The minimum Gasteiger partial charge on any atom is -0.371 e. The molecule has 1 saturated carbocycles. The summed E-state index contributed by atoms with van der Waals surface area (Å²) in [5.41, 5.74) is 5.61. The van der Waals surface area contributed by atoms with E-state index in [-0.39, 0.29) is 48.2 Å². The van der Waals surface area contributed by atoms with Gasteiger partial charge in [-0.3, -0.25) is 39.0 Å². The summed E-state index contributed by atoms with van der Waals surface area (Å²) in [6.45, 7) is 3.99. The molecule has 1 atom stereocenters. The lowest BCUT2D eigenvalue weighted by Gasteiger charge is -2.38. The summed E-state index contributed by atoms with van der Waals surface area (Å²) in [6, 6.07) is 22.4. The van der Waals surface area contributed by atoms with E-state index in [1.165, 1.54) is 0 Å². The highest BCUT2D eigenvalue weighted by molar-refractivity contribution is 6.25. The van der Waals surface area contributed by atoms with Crippen molar-refractivity contribution in [3.63, 3.8) is 0 Å². The number of anilines is 4. The third kappa shape index (κ3) is 8.01. The van der Waals surface area contributed by atoms with E-state index in [2.05, 4.69) is 57.4 Å². The fourth-order valence-corrected chi connectivity index (χ4v) is 9.82. The Morgan fingerprint density at radius 1 is 0.766 bits per heavy atom. The molecule has 2 aromatic heterocycles. The lowest BCUT2D eigenvalue weighted by atomic mass is 9.86. The number of aromatic nitrogens is 4. The monoisotopic (exact) mass is 863 g/mol. The largest absolute Gasteiger partial charge is 0.371 e. The SMILES string of the molecule is O=C1CC[C@H](N2C(=O)c3cccc(N4CCC(CC(=O)N5CCN(c6ccc(Nc7ncnc8c7ncn8C7CC(NC(=O)Cc8ccccc8)C7)cc6)CC5)CC4)c3C2=O)C(=O)N1. The summed E-state index contributed by atoms with van der Waals surface area (Å²) in [5.74, 6) is -1.05. The second-order valence-electron chi connectivity index (χ2n) is 17.4. The van der Waals surface area contributed by atoms with E-state index >= 15 is 0 Å².